The number of piperidine rings is 1. The molecule has 0 unspecified atom stereocenters. The Labute approximate surface area is 127 Å². The van der Waals surface area contributed by atoms with Gasteiger partial charge in [0.1, 0.15) is 10.6 Å². The van der Waals surface area contributed by atoms with Gasteiger partial charge in [-0.05, 0) is 25.0 Å². The number of ether oxygens (including phenoxy) is 1. The number of hydrogen-bond donors (Lipinski definition) is 2. The number of methoxy groups -OCH3 is 1. The van der Waals surface area contributed by atoms with Gasteiger partial charge in [-0.1, -0.05) is 12.5 Å². The van der Waals surface area contributed by atoms with E-state index in [0.29, 0.717) is 16.3 Å². The third-order valence-corrected chi connectivity index (χ3v) is 4.93. The Morgan fingerprint density at radius 1 is 1.33 bits per heavy atom. The summed E-state index contributed by atoms with van der Waals surface area (Å²) in [6.45, 7) is 1.81. The highest BCUT2D eigenvalue weighted by Gasteiger charge is 2.21. The highest BCUT2D eigenvalue weighted by molar-refractivity contribution is 7.21. The van der Waals surface area contributed by atoms with Crippen LogP contribution >= 0.6 is 11.3 Å². The molecule has 0 atom stereocenters. The number of nitrogen functional groups attached to an aromatic ring is 1. The fourth-order valence-electron chi connectivity index (χ4n) is 2.68. The molecule has 1 aromatic carbocycles. The minimum Gasteiger partial charge on any atom is -0.496 e. The number of nitrogens with two attached hydrogens (primary N) is 1. The number of amides is 1. The summed E-state index contributed by atoms with van der Waals surface area (Å²) in [4.78, 5) is 13.0. The molecule has 3 N–H and O–H groups in total. The van der Waals surface area contributed by atoms with Crippen LogP contribution in [0.2, 0.25) is 0 Å². The maximum Gasteiger partial charge on any atom is 0.277 e. The van der Waals surface area contributed by atoms with Gasteiger partial charge in [-0.2, -0.15) is 0 Å². The van der Waals surface area contributed by atoms with Crippen molar-refractivity contribution in [3.8, 4) is 5.75 Å². The van der Waals surface area contributed by atoms with Crippen molar-refractivity contribution in [2.24, 2.45) is 0 Å². The maximum absolute atomic E-state index is 12.4. The lowest BCUT2D eigenvalue weighted by Gasteiger charge is -2.26. The minimum atomic E-state index is -0.127. The van der Waals surface area contributed by atoms with E-state index in [4.69, 9.17) is 10.5 Å². The standard InChI is InChI=1S/C15H19N3O2S/c1-20-10-6-5-7-11-12(10)13(16)14(21-11)15(19)17-18-8-3-2-4-9-18/h5-7H,2-4,8-9,16H2,1H3,(H,17,19). The van der Waals surface area contributed by atoms with Crippen LogP contribution in [0.3, 0.4) is 0 Å². The summed E-state index contributed by atoms with van der Waals surface area (Å²) in [6.07, 6.45) is 3.47. The Morgan fingerprint density at radius 3 is 2.81 bits per heavy atom. The summed E-state index contributed by atoms with van der Waals surface area (Å²) in [5, 5.41) is 2.81. The smallest absolute Gasteiger partial charge is 0.277 e. The quantitative estimate of drug-likeness (QED) is 0.915. The normalized spacial score (nSPS) is 16.0. The van der Waals surface area contributed by atoms with Crippen molar-refractivity contribution in [3.63, 3.8) is 0 Å². The average molecular weight is 305 g/mol. The maximum atomic E-state index is 12.4. The number of rotatable bonds is 3. The molecule has 1 saturated heterocycles. The van der Waals surface area contributed by atoms with Crippen LogP contribution in [0.5, 0.6) is 5.75 Å². The summed E-state index contributed by atoms with van der Waals surface area (Å²) in [5.41, 5.74) is 9.63. The van der Waals surface area contributed by atoms with Crippen LogP contribution in [-0.2, 0) is 0 Å². The Balaban J connectivity index is 1.89. The Bertz CT molecular complexity index is 662. The van der Waals surface area contributed by atoms with Gasteiger partial charge in [-0.3, -0.25) is 10.2 Å². The zero-order valence-electron chi connectivity index (χ0n) is 12.0. The van der Waals surface area contributed by atoms with Crippen molar-refractivity contribution in [2.45, 2.75) is 19.3 Å². The number of carbonyl (C=O) groups is 1. The van der Waals surface area contributed by atoms with Crippen molar-refractivity contribution in [1.29, 1.82) is 0 Å². The van der Waals surface area contributed by atoms with Gasteiger partial charge in [-0.15, -0.1) is 11.3 Å². The first-order valence-corrected chi connectivity index (χ1v) is 7.93. The highest BCUT2D eigenvalue weighted by atomic mass is 32.1. The Morgan fingerprint density at radius 2 is 2.10 bits per heavy atom. The van der Waals surface area contributed by atoms with Gasteiger partial charge >= 0.3 is 0 Å². The van der Waals surface area contributed by atoms with Crippen LogP contribution in [-0.4, -0.2) is 31.1 Å². The zero-order valence-corrected chi connectivity index (χ0v) is 12.8. The van der Waals surface area contributed by atoms with E-state index in [1.165, 1.54) is 17.8 Å². The number of carbonyl (C=O) groups excluding carboxylic acids is 1. The summed E-state index contributed by atoms with van der Waals surface area (Å²) < 4.78 is 6.30. The molecule has 112 valence electrons. The number of thiophene rings is 1. The molecule has 2 aromatic rings. The highest BCUT2D eigenvalue weighted by Crippen LogP contribution is 2.39. The molecule has 1 aliphatic rings. The van der Waals surface area contributed by atoms with Crippen molar-refractivity contribution in [3.05, 3.63) is 23.1 Å². The fraction of sp³-hybridized carbons (Fsp3) is 0.400. The average Bonchev–Trinajstić information content (AvgIpc) is 2.86. The number of nitrogens with zero attached hydrogens (tertiary/aromatic N) is 1. The lowest BCUT2D eigenvalue weighted by atomic mass is 10.2. The molecule has 5 nitrogen and oxygen atoms in total. The van der Waals surface area contributed by atoms with Gasteiger partial charge < -0.3 is 10.5 Å². The van der Waals surface area contributed by atoms with E-state index >= 15 is 0 Å². The first kappa shape index (κ1) is 14.2. The van der Waals surface area contributed by atoms with E-state index < -0.39 is 0 Å². The van der Waals surface area contributed by atoms with E-state index in [9.17, 15) is 4.79 Å². The predicted molar refractivity (Wildman–Crippen MR) is 85.7 cm³/mol. The second kappa shape index (κ2) is 5.91. The number of fused-ring (bicyclic) bond motifs is 1. The molecular weight excluding hydrogens is 286 g/mol. The second-order valence-electron chi connectivity index (χ2n) is 5.17. The SMILES string of the molecule is COc1cccc2sc(C(=O)NN3CCCCC3)c(N)c12. The molecule has 2 heterocycles. The monoisotopic (exact) mass is 305 g/mol. The fourth-order valence-corrected chi connectivity index (χ4v) is 3.71. The molecule has 1 aliphatic heterocycles. The lowest BCUT2D eigenvalue weighted by Crippen LogP contribution is -2.44. The number of nitrogens with one attached hydrogen (secondary N) is 1. The largest absolute Gasteiger partial charge is 0.496 e. The van der Waals surface area contributed by atoms with E-state index in [-0.39, 0.29) is 5.91 Å². The molecule has 1 aromatic heterocycles. The van der Waals surface area contributed by atoms with E-state index in [2.05, 4.69) is 5.43 Å². The van der Waals surface area contributed by atoms with Gasteiger partial charge in [0.2, 0.25) is 0 Å². The molecule has 1 amide bonds. The predicted octanol–water partition coefficient (Wildman–Crippen LogP) is 2.62. The summed E-state index contributed by atoms with van der Waals surface area (Å²) in [5.74, 6) is 0.580. The number of hydrogen-bond acceptors (Lipinski definition) is 5. The van der Waals surface area contributed by atoms with Gasteiger partial charge in [0.25, 0.3) is 5.91 Å². The number of anilines is 1. The second-order valence-corrected chi connectivity index (χ2v) is 6.22. The zero-order chi connectivity index (χ0) is 14.8. The summed E-state index contributed by atoms with van der Waals surface area (Å²) in [7, 11) is 1.61. The molecule has 6 heteroatoms. The van der Waals surface area contributed by atoms with Crippen LogP contribution in [0, 0.1) is 0 Å². The van der Waals surface area contributed by atoms with E-state index in [0.717, 1.165) is 36.0 Å². The first-order valence-electron chi connectivity index (χ1n) is 7.11. The summed E-state index contributed by atoms with van der Waals surface area (Å²) in [6, 6.07) is 5.72. The van der Waals surface area contributed by atoms with Crippen LogP contribution in [0.25, 0.3) is 10.1 Å². The lowest BCUT2D eigenvalue weighted by molar-refractivity contribution is 0.0755. The molecule has 0 spiro atoms. The van der Waals surface area contributed by atoms with Crippen LogP contribution in [0.4, 0.5) is 5.69 Å². The van der Waals surface area contributed by atoms with Crippen LogP contribution in [0.1, 0.15) is 28.9 Å². The number of benzene rings is 1. The van der Waals surface area contributed by atoms with Gasteiger partial charge in [0.15, 0.2) is 0 Å². The van der Waals surface area contributed by atoms with Crippen LogP contribution < -0.4 is 15.9 Å². The topological polar surface area (TPSA) is 67.6 Å². The summed E-state index contributed by atoms with van der Waals surface area (Å²) >= 11 is 1.41. The third-order valence-electron chi connectivity index (χ3n) is 3.76. The van der Waals surface area contributed by atoms with Crippen molar-refractivity contribution in [1.82, 2.24) is 10.4 Å². The van der Waals surface area contributed by atoms with E-state index in [1.807, 2.05) is 23.2 Å². The Kier molecular flexibility index (Phi) is 3.98. The molecule has 0 saturated carbocycles. The van der Waals surface area contributed by atoms with Crippen molar-refractivity contribution < 1.29 is 9.53 Å². The third kappa shape index (κ3) is 2.69. The first-order chi connectivity index (χ1) is 10.2. The minimum absolute atomic E-state index is 0.127. The molecule has 0 radical (unpaired) electrons. The van der Waals surface area contributed by atoms with Gasteiger partial charge in [0.05, 0.1) is 18.2 Å². The van der Waals surface area contributed by atoms with Crippen LogP contribution in [0.15, 0.2) is 18.2 Å². The number of hydrazine groups is 1. The van der Waals surface area contributed by atoms with Crippen molar-refractivity contribution in [2.75, 3.05) is 25.9 Å². The van der Waals surface area contributed by atoms with E-state index in [1.54, 1.807) is 7.11 Å². The Hall–Kier alpha value is -1.79. The van der Waals surface area contributed by atoms with Gasteiger partial charge in [-0.25, -0.2) is 5.01 Å². The molecular formula is C15H19N3O2S. The molecule has 0 aliphatic carbocycles. The molecule has 1 fully saturated rings. The molecule has 3 rings (SSSR count). The van der Waals surface area contributed by atoms with Gasteiger partial charge in [0, 0.05) is 17.8 Å². The molecule has 0 bridgehead atoms. The molecule has 21 heavy (non-hydrogen) atoms. The van der Waals surface area contributed by atoms with Crippen molar-refractivity contribution >= 4 is 33.0 Å².